The molecule has 126 valence electrons. The highest BCUT2D eigenvalue weighted by molar-refractivity contribution is 5.71. The number of hydrogen-bond acceptors (Lipinski definition) is 2. The third-order valence-corrected chi connectivity index (χ3v) is 4.47. The molecule has 0 saturated carbocycles. The Morgan fingerprint density at radius 3 is 1.54 bits per heavy atom. The minimum Gasteiger partial charge on any atom is -0.233 e. The highest BCUT2D eigenvalue weighted by Gasteiger charge is 2.07. The van der Waals surface area contributed by atoms with E-state index in [0.29, 0.717) is 0 Å². The van der Waals surface area contributed by atoms with E-state index >= 15 is 0 Å². The van der Waals surface area contributed by atoms with Gasteiger partial charge in [-0.1, -0.05) is 84.4 Å². The molecule has 0 aliphatic heterocycles. The van der Waals surface area contributed by atoms with Gasteiger partial charge in [0.05, 0.1) is 11.4 Å². The Hall–Kier alpha value is -3.26. The van der Waals surface area contributed by atoms with E-state index < -0.39 is 0 Å². The van der Waals surface area contributed by atoms with Crippen LogP contribution in [-0.2, 0) is 0 Å². The van der Waals surface area contributed by atoms with Crippen molar-refractivity contribution < 1.29 is 0 Å². The lowest BCUT2D eigenvalue weighted by atomic mass is 10.0. The number of nitrogens with zero attached hydrogens (tertiary/aromatic N) is 2. The average molecular weight is 336 g/mol. The van der Waals surface area contributed by atoms with Crippen molar-refractivity contribution in [2.45, 2.75) is 13.8 Å². The van der Waals surface area contributed by atoms with Gasteiger partial charge in [0.1, 0.15) is 5.82 Å². The molecule has 0 aliphatic carbocycles. The lowest BCUT2D eigenvalue weighted by Crippen LogP contribution is -1.94. The summed E-state index contributed by atoms with van der Waals surface area (Å²) in [5, 5.41) is 0. The Kier molecular flexibility index (Phi) is 4.32. The molecule has 2 nitrogen and oxygen atoms in total. The molecule has 3 aromatic carbocycles. The lowest BCUT2D eigenvalue weighted by Gasteiger charge is -2.08. The monoisotopic (exact) mass is 336 g/mol. The van der Waals surface area contributed by atoms with Gasteiger partial charge < -0.3 is 0 Å². The minimum absolute atomic E-state index is 0.783. The smallest absolute Gasteiger partial charge is 0.126 e. The van der Waals surface area contributed by atoms with E-state index in [1.807, 2.05) is 13.0 Å². The van der Waals surface area contributed by atoms with Crippen LogP contribution < -0.4 is 0 Å². The fourth-order valence-corrected chi connectivity index (χ4v) is 3.05. The lowest BCUT2D eigenvalue weighted by molar-refractivity contribution is 1.06. The minimum atomic E-state index is 0.783. The first-order valence-electron chi connectivity index (χ1n) is 8.78. The van der Waals surface area contributed by atoms with Gasteiger partial charge in [0, 0.05) is 11.1 Å². The maximum atomic E-state index is 4.64. The van der Waals surface area contributed by atoms with Crippen LogP contribution in [0, 0.1) is 13.8 Å². The Morgan fingerprint density at radius 2 is 0.962 bits per heavy atom. The van der Waals surface area contributed by atoms with Crippen LogP contribution >= 0.6 is 0 Å². The molecule has 0 N–H and O–H groups in total. The fourth-order valence-electron chi connectivity index (χ4n) is 3.05. The second kappa shape index (κ2) is 6.93. The predicted octanol–water partition coefficient (Wildman–Crippen LogP) is 6.09. The van der Waals surface area contributed by atoms with Crippen LogP contribution in [0.4, 0.5) is 0 Å². The van der Waals surface area contributed by atoms with Gasteiger partial charge in [-0.15, -0.1) is 0 Å². The van der Waals surface area contributed by atoms with Gasteiger partial charge in [0.2, 0.25) is 0 Å². The predicted molar refractivity (Wildman–Crippen MR) is 108 cm³/mol. The van der Waals surface area contributed by atoms with Crippen LogP contribution in [0.25, 0.3) is 33.6 Å². The molecule has 4 rings (SSSR count). The van der Waals surface area contributed by atoms with Crippen LogP contribution in [0.3, 0.4) is 0 Å². The number of rotatable bonds is 3. The molecule has 0 bridgehead atoms. The third-order valence-electron chi connectivity index (χ3n) is 4.47. The summed E-state index contributed by atoms with van der Waals surface area (Å²) in [6.45, 7) is 4.04. The van der Waals surface area contributed by atoms with Gasteiger partial charge in [-0.25, -0.2) is 9.97 Å². The van der Waals surface area contributed by atoms with Crippen LogP contribution in [0.15, 0.2) is 84.9 Å². The van der Waals surface area contributed by atoms with Gasteiger partial charge in [0.25, 0.3) is 0 Å². The molecule has 0 spiro atoms. The number of benzene rings is 3. The molecule has 0 radical (unpaired) electrons. The van der Waals surface area contributed by atoms with E-state index in [-0.39, 0.29) is 0 Å². The number of hydrogen-bond donors (Lipinski definition) is 0. The SMILES string of the molecule is Cc1ccc(-c2cc(-c3ccc(-c4ccccc4)cc3)nc(C)n2)cc1. The summed E-state index contributed by atoms with van der Waals surface area (Å²) in [4.78, 5) is 9.25. The van der Waals surface area contributed by atoms with Gasteiger partial charge in [-0.2, -0.15) is 0 Å². The molecule has 0 atom stereocenters. The number of aromatic nitrogens is 2. The molecule has 0 amide bonds. The summed E-state index contributed by atoms with van der Waals surface area (Å²) >= 11 is 0. The molecule has 0 fully saturated rings. The first kappa shape index (κ1) is 16.2. The maximum Gasteiger partial charge on any atom is 0.126 e. The molecule has 0 unspecified atom stereocenters. The highest BCUT2D eigenvalue weighted by Crippen LogP contribution is 2.26. The first-order valence-corrected chi connectivity index (χ1v) is 8.78. The molecule has 4 aromatic rings. The summed E-state index contributed by atoms with van der Waals surface area (Å²) in [7, 11) is 0. The molecule has 26 heavy (non-hydrogen) atoms. The van der Waals surface area contributed by atoms with E-state index in [1.165, 1.54) is 16.7 Å². The fraction of sp³-hybridized carbons (Fsp3) is 0.0833. The Morgan fingerprint density at radius 1 is 0.500 bits per heavy atom. The third kappa shape index (κ3) is 3.40. The summed E-state index contributed by atoms with van der Waals surface area (Å²) in [5.74, 6) is 0.783. The average Bonchev–Trinajstić information content (AvgIpc) is 2.69. The number of aryl methyl sites for hydroxylation is 2. The van der Waals surface area contributed by atoms with Gasteiger partial charge in [-0.3, -0.25) is 0 Å². The summed E-state index contributed by atoms with van der Waals surface area (Å²) < 4.78 is 0. The van der Waals surface area contributed by atoms with Crippen molar-refractivity contribution >= 4 is 0 Å². The normalized spacial score (nSPS) is 10.7. The Balaban J connectivity index is 1.70. The van der Waals surface area contributed by atoms with Gasteiger partial charge in [0.15, 0.2) is 0 Å². The Bertz CT molecular complexity index is 1020. The first-order chi connectivity index (χ1) is 12.7. The van der Waals surface area contributed by atoms with Crippen molar-refractivity contribution in [1.82, 2.24) is 9.97 Å². The van der Waals surface area contributed by atoms with Crippen molar-refractivity contribution in [3.63, 3.8) is 0 Å². The van der Waals surface area contributed by atoms with Crippen LogP contribution in [-0.4, -0.2) is 9.97 Å². The summed E-state index contributed by atoms with van der Waals surface area (Å²) in [6.07, 6.45) is 0. The van der Waals surface area contributed by atoms with Gasteiger partial charge >= 0.3 is 0 Å². The second-order valence-corrected chi connectivity index (χ2v) is 6.50. The van der Waals surface area contributed by atoms with Crippen molar-refractivity contribution in [3.8, 4) is 33.6 Å². The van der Waals surface area contributed by atoms with Gasteiger partial charge in [-0.05, 0) is 31.0 Å². The largest absolute Gasteiger partial charge is 0.233 e. The van der Waals surface area contributed by atoms with E-state index in [4.69, 9.17) is 0 Å². The summed E-state index contributed by atoms with van der Waals surface area (Å²) in [6, 6.07) is 29.5. The molecule has 1 heterocycles. The zero-order valence-electron chi connectivity index (χ0n) is 15.0. The maximum absolute atomic E-state index is 4.64. The standard InChI is InChI=1S/C24H20N2/c1-17-8-10-21(11-9-17)23-16-24(26-18(2)25-23)22-14-12-20(13-15-22)19-6-4-3-5-7-19/h3-16H,1-2H3. The molecule has 0 saturated heterocycles. The zero-order chi connectivity index (χ0) is 17.9. The van der Waals surface area contributed by atoms with E-state index in [2.05, 4.69) is 95.8 Å². The van der Waals surface area contributed by atoms with Crippen LogP contribution in [0.1, 0.15) is 11.4 Å². The molecule has 0 aliphatic rings. The van der Waals surface area contributed by atoms with E-state index in [0.717, 1.165) is 28.3 Å². The Labute approximate surface area is 154 Å². The molecule has 2 heteroatoms. The molecular formula is C24H20N2. The quantitative estimate of drug-likeness (QED) is 0.452. The molecular weight excluding hydrogens is 316 g/mol. The van der Waals surface area contributed by atoms with Crippen LogP contribution in [0.5, 0.6) is 0 Å². The van der Waals surface area contributed by atoms with Crippen molar-refractivity contribution in [3.05, 3.63) is 96.3 Å². The van der Waals surface area contributed by atoms with Crippen molar-refractivity contribution in [2.24, 2.45) is 0 Å². The highest BCUT2D eigenvalue weighted by atomic mass is 14.9. The van der Waals surface area contributed by atoms with Crippen LogP contribution in [0.2, 0.25) is 0 Å². The van der Waals surface area contributed by atoms with E-state index in [1.54, 1.807) is 0 Å². The second-order valence-electron chi connectivity index (χ2n) is 6.50. The summed E-state index contributed by atoms with van der Waals surface area (Å²) in [5.41, 5.74) is 7.80. The molecule has 1 aromatic heterocycles. The topological polar surface area (TPSA) is 25.8 Å². The van der Waals surface area contributed by atoms with Crippen molar-refractivity contribution in [1.29, 1.82) is 0 Å². The zero-order valence-corrected chi connectivity index (χ0v) is 15.0. The van der Waals surface area contributed by atoms with Crippen molar-refractivity contribution in [2.75, 3.05) is 0 Å². The van der Waals surface area contributed by atoms with E-state index in [9.17, 15) is 0 Å².